The molecule has 0 N–H and O–H groups in total. The first-order valence-electron chi connectivity index (χ1n) is 5.16. The molecular formula is C8H2F6N3O6S-. The second-order valence-electron chi connectivity index (χ2n) is 3.89. The smallest absolute Gasteiger partial charge is 0.483 e. The quantitative estimate of drug-likeness (QED) is 0.445. The molecule has 9 nitrogen and oxygen atoms in total. The molecule has 1 rings (SSSR count). The number of rotatable bonds is 4. The first-order valence-corrected chi connectivity index (χ1v) is 6.60. The van der Waals surface area contributed by atoms with Crippen LogP contribution in [0.15, 0.2) is 12.1 Å². The van der Waals surface area contributed by atoms with E-state index in [0.29, 0.717) is 0 Å². The van der Waals surface area contributed by atoms with Gasteiger partial charge in [0.15, 0.2) is 10.0 Å². The molecule has 0 aromatic heterocycles. The third-order valence-electron chi connectivity index (χ3n) is 2.29. The highest BCUT2D eigenvalue weighted by Gasteiger charge is 2.42. The van der Waals surface area contributed by atoms with Gasteiger partial charge in [0.1, 0.15) is 0 Å². The topological polar surface area (TPSA) is 135 Å². The molecule has 0 spiro atoms. The van der Waals surface area contributed by atoms with Crippen LogP contribution in [0.2, 0.25) is 0 Å². The number of nitro benzene ring substituents is 2. The van der Waals surface area contributed by atoms with Crippen LogP contribution in [0.1, 0.15) is 5.56 Å². The van der Waals surface area contributed by atoms with Crippen molar-refractivity contribution in [3.05, 3.63) is 42.6 Å². The summed E-state index contributed by atoms with van der Waals surface area (Å²) in [7, 11) is -6.57. The van der Waals surface area contributed by atoms with Crippen molar-refractivity contribution in [3.63, 3.8) is 0 Å². The van der Waals surface area contributed by atoms with E-state index in [-0.39, 0.29) is 12.1 Å². The second kappa shape index (κ2) is 5.77. The maximum Gasteiger partial charge on any atom is 0.483 e. The summed E-state index contributed by atoms with van der Waals surface area (Å²) in [6.07, 6.45) is -5.66. The molecule has 0 aliphatic heterocycles. The van der Waals surface area contributed by atoms with Crippen molar-refractivity contribution >= 4 is 27.1 Å². The minimum Gasteiger partial charge on any atom is -0.563 e. The maximum atomic E-state index is 12.8. The number of hydrogen-bond acceptors (Lipinski definition) is 6. The summed E-state index contributed by atoms with van der Waals surface area (Å²) in [6, 6.07) is -0.502. The Bertz CT molecular complexity index is 802. The molecule has 0 amide bonds. The number of alkyl halides is 6. The van der Waals surface area contributed by atoms with E-state index in [1.54, 1.807) is 0 Å². The zero-order chi connectivity index (χ0) is 19.1. The lowest BCUT2D eigenvalue weighted by molar-refractivity contribution is -0.393. The third-order valence-corrected chi connectivity index (χ3v) is 3.30. The van der Waals surface area contributed by atoms with Crippen LogP contribution in [0.5, 0.6) is 0 Å². The Morgan fingerprint density at radius 2 is 1.46 bits per heavy atom. The Balaban J connectivity index is 3.81. The molecule has 0 fully saturated rings. The lowest BCUT2D eigenvalue weighted by atomic mass is 10.1. The SMILES string of the molecule is O=[N+]([O-])c1cc([N+](=O)[O-])c([N-]S(=O)(=O)C(F)(F)F)c(C(F)(F)F)c1. The van der Waals surface area contributed by atoms with E-state index in [0.717, 1.165) is 0 Å². The predicted octanol–water partition coefficient (Wildman–Crippen LogP) is 3.38. The van der Waals surface area contributed by atoms with E-state index in [1.165, 1.54) is 0 Å². The summed E-state index contributed by atoms with van der Waals surface area (Å²) in [6.45, 7) is 0. The highest BCUT2D eigenvalue weighted by atomic mass is 32.2. The molecule has 1 aromatic rings. The van der Waals surface area contributed by atoms with Gasteiger partial charge in [-0.05, 0) is 5.69 Å². The molecule has 0 unspecified atom stereocenters. The van der Waals surface area contributed by atoms with Crippen LogP contribution in [0.4, 0.5) is 43.4 Å². The maximum absolute atomic E-state index is 12.8. The number of halogens is 6. The van der Waals surface area contributed by atoms with E-state index >= 15 is 0 Å². The third kappa shape index (κ3) is 3.81. The van der Waals surface area contributed by atoms with Gasteiger partial charge >= 0.3 is 11.7 Å². The van der Waals surface area contributed by atoms with Gasteiger partial charge in [0.2, 0.25) is 0 Å². The first-order chi connectivity index (χ1) is 10.6. The second-order valence-corrected chi connectivity index (χ2v) is 5.48. The van der Waals surface area contributed by atoms with Crippen LogP contribution in [0.25, 0.3) is 4.72 Å². The van der Waals surface area contributed by atoms with Gasteiger partial charge < -0.3 is 4.72 Å². The van der Waals surface area contributed by atoms with Crippen LogP contribution in [-0.2, 0) is 16.2 Å². The fourth-order valence-electron chi connectivity index (χ4n) is 1.33. The number of benzene rings is 1. The molecule has 0 aliphatic carbocycles. The number of nitrogens with zero attached hydrogens (tertiary/aromatic N) is 3. The van der Waals surface area contributed by atoms with Gasteiger partial charge in [0.05, 0.1) is 21.5 Å². The summed E-state index contributed by atoms with van der Waals surface area (Å²) in [5.41, 5.74) is -14.1. The molecule has 0 aliphatic rings. The summed E-state index contributed by atoms with van der Waals surface area (Å²) in [4.78, 5) is 18.0. The molecule has 134 valence electrons. The first kappa shape index (κ1) is 19.4. The van der Waals surface area contributed by atoms with Crippen molar-refractivity contribution in [2.24, 2.45) is 0 Å². The summed E-state index contributed by atoms with van der Waals surface area (Å²) < 4.78 is 98.8. The highest BCUT2D eigenvalue weighted by molar-refractivity contribution is 7.95. The van der Waals surface area contributed by atoms with Gasteiger partial charge in [-0.2, -0.15) is 26.3 Å². The van der Waals surface area contributed by atoms with E-state index in [9.17, 15) is 55.0 Å². The Hall–Kier alpha value is -2.65. The van der Waals surface area contributed by atoms with Crippen molar-refractivity contribution in [2.45, 2.75) is 11.7 Å². The van der Waals surface area contributed by atoms with E-state index < -0.39 is 54.2 Å². The molecule has 0 heterocycles. The molecule has 0 bridgehead atoms. The Labute approximate surface area is 127 Å². The molecule has 0 saturated carbocycles. The minimum absolute atomic E-state index is 0.139. The van der Waals surface area contributed by atoms with Crippen LogP contribution in [-0.4, -0.2) is 23.8 Å². The minimum atomic E-state index is -6.57. The monoisotopic (exact) mass is 382 g/mol. The Morgan fingerprint density at radius 3 is 1.79 bits per heavy atom. The average Bonchev–Trinajstić information content (AvgIpc) is 2.34. The van der Waals surface area contributed by atoms with Gasteiger partial charge in [-0.3, -0.25) is 20.2 Å². The van der Waals surface area contributed by atoms with Crippen molar-refractivity contribution in [3.8, 4) is 0 Å². The lowest BCUT2D eigenvalue weighted by Gasteiger charge is -2.26. The largest absolute Gasteiger partial charge is 0.563 e. The van der Waals surface area contributed by atoms with Crippen LogP contribution in [0.3, 0.4) is 0 Å². The average molecular weight is 382 g/mol. The van der Waals surface area contributed by atoms with E-state index in [2.05, 4.69) is 0 Å². The predicted molar refractivity (Wildman–Crippen MR) is 62.7 cm³/mol. The van der Waals surface area contributed by atoms with Crippen LogP contribution < -0.4 is 0 Å². The normalized spacial score (nSPS) is 12.8. The van der Waals surface area contributed by atoms with Crippen molar-refractivity contribution in [2.75, 3.05) is 0 Å². The van der Waals surface area contributed by atoms with Gasteiger partial charge in [-0.1, -0.05) is 0 Å². The number of hydrogen-bond donors (Lipinski definition) is 0. The van der Waals surface area contributed by atoms with E-state index in [4.69, 9.17) is 0 Å². The van der Waals surface area contributed by atoms with E-state index in [1.807, 2.05) is 4.72 Å². The molecule has 0 radical (unpaired) electrons. The summed E-state index contributed by atoms with van der Waals surface area (Å²) in [5, 5.41) is 21.2. The lowest BCUT2D eigenvalue weighted by Crippen LogP contribution is -2.22. The molecule has 24 heavy (non-hydrogen) atoms. The van der Waals surface area contributed by atoms with Crippen molar-refractivity contribution < 1.29 is 44.6 Å². The highest BCUT2D eigenvalue weighted by Crippen LogP contribution is 2.48. The van der Waals surface area contributed by atoms with Gasteiger partial charge in [0.25, 0.3) is 11.4 Å². The summed E-state index contributed by atoms with van der Waals surface area (Å²) in [5.74, 6) is 0. The standard InChI is InChI=1S/C8H2F6N3O6S/c9-7(10,11)4-1-3(16(18)19)2-5(17(20)21)6(4)15-24(22,23)8(12,13)14/h1-2H/q-1. The molecule has 16 heteroatoms. The number of sulfonamides is 1. The fourth-order valence-corrected chi connectivity index (χ4v) is 1.87. The fraction of sp³-hybridized carbons (Fsp3) is 0.250. The Morgan fingerprint density at radius 1 is 0.958 bits per heavy atom. The number of nitro groups is 2. The van der Waals surface area contributed by atoms with Gasteiger partial charge in [0, 0.05) is 6.07 Å². The number of non-ortho nitro benzene ring substituents is 1. The van der Waals surface area contributed by atoms with Crippen molar-refractivity contribution in [1.82, 2.24) is 0 Å². The van der Waals surface area contributed by atoms with Gasteiger partial charge in [-0.25, -0.2) is 8.42 Å². The zero-order valence-electron chi connectivity index (χ0n) is 10.6. The molecule has 0 atom stereocenters. The Kier molecular flexibility index (Phi) is 4.66. The van der Waals surface area contributed by atoms with Crippen LogP contribution >= 0.6 is 0 Å². The van der Waals surface area contributed by atoms with Gasteiger partial charge in [-0.15, -0.1) is 0 Å². The van der Waals surface area contributed by atoms with Crippen LogP contribution in [0, 0.1) is 20.2 Å². The molecule has 0 saturated heterocycles. The van der Waals surface area contributed by atoms with Crippen molar-refractivity contribution in [1.29, 1.82) is 0 Å². The molecular weight excluding hydrogens is 380 g/mol. The molecule has 1 aromatic carbocycles. The summed E-state index contributed by atoms with van der Waals surface area (Å²) >= 11 is 0. The zero-order valence-corrected chi connectivity index (χ0v) is 11.4.